The van der Waals surface area contributed by atoms with Crippen LogP contribution in [0.2, 0.25) is 0 Å². The maximum atomic E-state index is 12.3. The number of nitrogens with one attached hydrogen (secondary N) is 2. The number of halogens is 4. The minimum absolute atomic E-state index is 0. The molecule has 11 heteroatoms. The first-order valence-corrected chi connectivity index (χ1v) is 7.58. The average Bonchev–Trinajstić information content (AvgIpc) is 3.16. The van der Waals surface area contributed by atoms with Crippen molar-refractivity contribution in [3.63, 3.8) is 0 Å². The van der Waals surface area contributed by atoms with Crippen LogP contribution in [0.4, 0.5) is 19.0 Å². The molecule has 1 fully saturated rings. The Hall–Kier alpha value is -2.07. The van der Waals surface area contributed by atoms with E-state index in [0.29, 0.717) is 0 Å². The minimum Gasteiger partial charge on any atom is -0.315 e. The Bertz CT molecular complexity index is 707. The SMILES string of the molecule is Cl.O=C(Nc1ccn(CC(F)(F)F)n1)c1ccn(C2CCCNC2)n1. The summed E-state index contributed by atoms with van der Waals surface area (Å²) in [5.74, 6) is -0.451. The van der Waals surface area contributed by atoms with Crippen molar-refractivity contribution in [2.75, 3.05) is 18.4 Å². The number of amides is 1. The summed E-state index contributed by atoms with van der Waals surface area (Å²) in [5, 5.41) is 13.6. The van der Waals surface area contributed by atoms with Crippen molar-refractivity contribution in [2.24, 2.45) is 0 Å². The Morgan fingerprint density at radius 2 is 2.12 bits per heavy atom. The molecule has 0 aliphatic carbocycles. The molecular weight excluding hydrogens is 361 g/mol. The van der Waals surface area contributed by atoms with E-state index in [1.165, 1.54) is 6.07 Å². The van der Waals surface area contributed by atoms with Gasteiger partial charge in [0.1, 0.15) is 6.54 Å². The van der Waals surface area contributed by atoms with Gasteiger partial charge in [0.25, 0.3) is 5.91 Å². The molecule has 2 aromatic rings. The maximum absolute atomic E-state index is 12.3. The molecule has 2 aromatic heterocycles. The van der Waals surface area contributed by atoms with E-state index >= 15 is 0 Å². The minimum atomic E-state index is -4.36. The molecule has 25 heavy (non-hydrogen) atoms. The largest absolute Gasteiger partial charge is 0.408 e. The summed E-state index contributed by atoms with van der Waals surface area (Å²) >= 11 is 0. The number of carbonyl (C=O) groups is 1. The van der Waals surface area contributed by atoms with E-state index in [2.05, 4.69) is 20.8 Å². The Kier molecular flexibility index (Phi) is 6.07. The lowest BCUT2D eigenvalue weighted by atomic mass is 10.1. The molecule has 0 radical (unpaired) electrons. The molecule has 7 nitrogen and oxygen atoms in total. The number of rotatable bonds is 4. The maximum Gasteiger partial charge on any atom is 0.408 e. The van der Waals surface area contributed by atoms with Crippen molar-refractivity contribution in [3.8, 4) is 0 Å². The summed E-state index contributed by atoms with van der Waals surface area (Å²) in [6.07, 6.45) is 0.560. The third-order valence-corrected chi connectivity index (χ3v) is 3.71. The smallest absolute Gasteiger partial charge is 0.315 e. The van der Waals surface area contributed by atoms with E-state index in [9.17, 15) is 18.0 Å². The van der Waals surface area contributed by atoms with Crippen molar-refractivity contribution in [2.45, 2.75) is 31.6 Å². The number of aromatic nitrogens is 4. The number of hydrogen-bond donors (Lipinski definition) is 2. The Balaban J connectivity index is 0.00000225. The van der Waals surface area contributed by atoms with Gasteiger partial charge in [0.15, 0.2) is 11.5 Å². The molecule has 1 amide bonds. The zero-order valence-corrected chi connectivity index (χ0v) is 14.0. The monoisotopic (exact) mass is 378 g/mol. The highest BCUT2D eigenvalue weighted by Crippen LogP contribution is 2.18. The molecular formula is C14H18ClF3N6O. The zero-order chi connectivity index (χ0) is 17.2. The van der Waals surface area contributed by atoms with Crippen LogP contribution in [0.3, 0.4) is 0 Å². The number of alkyl halides is 3. The third-order valence-electron chi connectivity index (χ3n) is 3.71. The van der Waals surface area contributed by atoms with Crippen LogP contribution in [-0.2, 0) is 6.54 Å². The van der Waals surface area contributed by atoms with Gasteiger partial charge in [0.05, 0.1) is 6.04 Å². The van der Waals surface area contributed by atoms with Gasteiger partial charge in [-0.2, -0.15) is 23.4 Å². The molecule has 138 valence electrons. The average molecular weight is 379 g/mol. The van der Waals surface area contributed by atoms with Gasteiger partial charge in [-0.1, -0.05) is 0 Å². The predicted octanol–water partition coefficient (Wildman–Crippen LogP) is 2.24. The first-order chi connectivity index (χ1) is 11.4. The van der Waals surface area contributed by atoms with Crippen LogP contribution < -0.4 is 10.6 Å². The van der Waals surface area contributed by atoms with Crippen LogP contribution in [0, 0.1) is 0 Å². The fourth-order valence-electron chi connectivity index (χ4n) is 2.60. The highest BCUT2D eigenvalue weighted by molar-refractivity contribution is 6.02. The Morgan fingerprint density at radius 3 is 2.80 bits per heavy atom. The molecule has 3 heterocycles. The lowest BCUT2D eigenvalue weighted by molar-refractivity contribution is -0.142. The summed E-state index contributed by atoms with van der Waals surface area (Å²) in [5.41, 5.74) is 0.200. The second-order valence-corrected chi connectivity index (χ2v) is 5.65. The van der Waals surface area contributed by atoms with E-state index < -0.39 is 18.6 Å². The molecule has 1 atom stereocenters. The number of piperidine rings is 1. The highest BCUT2D eigenvalue weighted by Gasteiger charge is 2.28. The van der Waals surface area contributed by atoms with E-state index in [0.717, 1.165) is 36.8 Å². The molecule has 3 rings (SSSR count). The van der Waals surface area contributed by atoms with Crippen molar-refractivity contribution in [1.82, 2.24) is 24.9 Å². The van der Waals surface area contributed by atoms with Gasteiger partial charge >= 0.3 is 6.18 Å². The molecule has 0 bridgehead atoms. The van der Waals surface area contributed by atoms with Crippen molar-refractivity contribution in [1.29, 1.82) is 0 Å². The normalized spacial score (nSPS) is 17.8. The van der Waals surface area contributed by atoms with E-state index in [4.69, 9.17) is 0 Å². The van der Waals surface area contributed by atoms with Crippen LogP contribution in [0.25, 0.3) is 0 Å². The fraction of sp³-hybridized carbons (Fsp3) is 0.500. The third kappa shape index (κ3) is 5.20. The van der Waals surface area contributed by atoms with Gasteiger partial charge in [-0.25, -0.2) is 0 Å². The first-order valence-electron chi connectivity index (χ1n) is 7.58. The van der Waals surface area contributed by atoms with Gasteiger partial charge in [0.2, 0.25) is 0 Å². The van der Waals surface area contributed by atoms with Crippen LogP contribution in [-0.4, -0.2) is 44.7 Å². The van der Waals surface area contributed by atoms with E-state index in [-0.39, 0.29) is 30.0 Å². The van der Waals surface area contributed by atoms with E-state index in [1.54, 1.807) is 16.9 Å². The lowest BCUT2D eigenvalue weighted by Gasteiger charge is -2.22. The second-order valence-electron chi connectivity index (χ2n) is 5.65. The van der Waals surface area contributed by atoms with Crippen LogP contribution >= 0.6 is 12.4 Å². The number of hydrogen-bond acceptors (Lipinski definition) is 4. The first kappa shape index (κ1) is 19.3. The lowest BCUT2D eigenvalue weighted by Crippen LogP contribution is -2.32. The predicted molar refractivity (Wildman–Crippen MR) is 86.9 cm³/mol. The summed E-state index contributed by atoms with van der Waals surface area (Å²) in [7, 11) is 0. The molecule has 2 N–H and O–H groups in total. The second kappa shape index (κ2) is 7.87. The van der Waals surface area contributed by atoms with Gasteiger partial charge in [-0.05, 0) is 25.5 Å². The number of carbonyl (C=O) groups excluding carboxylic acids is 1. The summed E-state index contributed by atoms with van der Waals surface area (Å²) in [6, 6.07) is 3.09. The summed E-state index contributed by atoms with van der Waals surface area (Å²) < 4.78 is 39.3. The molecule has 1 aliphatic rings. The molecule has 1 saturated heterocycles. The zero-order valence-electron chi connectivity index (χ0n) is 13.2. The number of anilines is 1. The van der Waals surface area contributed by atoms with E-state index in [1.807, 2.05) is 0 Å². The van der Waals surface area contributed by atoms with Gasteiger partial charge in [0, 0.05) is 25.0 Å². The molecule has 1 aliphatic heterocycles. The molecule has 0 aromatic carbocycles. The summed E-state index contributed by atoms with van der Waals surface area (Å²) in [4.78, 5) is 12.1. The van der Waals surface area contributed by atoms with Crippen LogP contribution in [0.5, 0.6) is 0 Å². The Labute approximate surface area is 148 Å². The van der Waals surface area contributed by atoms with Crippen LogP contribution in [0.1, 0.15) is 29.4 Å². The fourth-order valence-corrected chi connectivity index (χ4v) is 2.60. The highest BCUT2D eigenvalue weighted by atomic mass is 35.5. The quantitative estimate of drug-likeness (QED) is 0.855. The van der Waals surface area contributed by atoms with Gasteiger partial charge in [-0.15, -0.1) is 12.4 Å². The number of nitrogens with zero attached hydrogens (tertiary/aromatic N) is 4. The van der Waals surface area contributed by atoms with Crippen molar-refractivity contribution < 1.29 is 18.0 Å². The Morgan fingerprint density at radius 1 is 1.32 bits per heavy atom. The topological polar surface area (TPSA) is 76.8 Å². The molecule has 0 saturated carbocycles. The standard InChI is InChI=1S/C14H17F3N6O.ClH/c15-14(16,17)9-22-6-4-12(21-22)19-13(24)11-3-7-23(20-11)10-2-1-5-18-8-10;/h3-4,6-7,10,18H,1-2,5,8-9H2,(H,19,21,24);1H. The molecule has 1 unspecified atom stereocenters. The van der Waals surface area contributed by atoms with Gasteiger partial charge < -0.3 is 10.6 Å². The van der Waals surface area contributed by atoms with Crippen LogP contribution in [0.15, 0.2) is 24.5 Å². The van der Waals surface area contributed by atoms with Crippen molar-refractivity contribution >= 4 is 24.1 Å². The van der Waals surface area contributed by atoms with Gasteiger partial charge in [-0.3, -0.25) is 14.2 Å². The summed E-state index contributed by atoms with van der Waals surface area (Å²) in [6.45, 7) is 0.572. The van der Waals surface area contributed by atoms with Crippen molar-refractivity contribution in [3.05, 3.63) is 30.2 Å². The molecule has 0 spiro atoms.